The summed E-state index contributed by atoms with van der Waals surface area (Å²) in [4.78, 5) is 3.97. The number of halogens is 1. The highest BCUT2D eigenvalue weighted by molar-refractivity contribution is 6.31. The van der Waals surface area contributed by atoms with Crippen molar-refractivity contribution >= 4 is 11.6 Å². The number of pyridine rings is 1. The molecule has 0 fully saturated rings. The van der Waals surface area contributed by atoms with Crippen molar-refractivity contribution in [2.45, 2.75) is 19.4 Å². The van der Waals surface area contributed by atoms with E-state index in [1.807, 2.05) is 37.3 Å². The maximum absolute atomic E-state index is 6.23. The van der Waals surface area contributed by atoms with Crippen molar-refractivity contribution in [1.29, 1.82) is 0 Å². The summed E-state index contributed by atoms with van der Waals surface area (Å²) in [5, 5.41) is 0.652. The quantitative estimate of drug-likeness (QED) is 0.911. The Kier molecular flexibility index (Phi) is 4.77. The molecule has 0 saturated carbocycles. The van der Waals surface area contributed by atoms with Crippen LogP contribution in [-0.2, 0) is 6.42 Å². The number of hydrogen-bond donors (Lipinski definition) is 1. The lowest BCUT2D eigenvalue weighted by Crippen LogP contribution is -2.13. The molecule has 0 bridgehead atoms. The van der Waals surface area contributed by atoms with Crippen LogP contribution < -0.4 is 10.5 Å². The molecule has 0 radical (unpaired) electrons. The molecular weight excluding hydrogens is 260 g/mol. The van der Waals surface area contributed by atoms with Crippen molar-refractivity contribution in [3.05, 3.63) is 58.9 Å². The SMILES string of the molecule is CCOc1cccc(C(N)Cc2ccncc2Cl)c1. The summed E-state index contributed by atoms with van der Waals surface area (Å²) in [7, 11) is 0. The number of ether oxygens (including phenoxy) is 1. The summed E-state index contributed by atoms with van der Waals surface area (Å²) < 4.78 is 5.48. The third-order valence-corrected chi connectivity index (χ3v) is 3.23. The number of rotatable bonds is 5. The first-order valence-electron chi connectivity index (χ1n) is 6.27. The van der Waals surface area contributed by atoms with Crippen molar-refractivity contribution in [3.63, 3.8) is 0 Å². The molecule has 2 rings (SSSR count). The second-order valence-electron chi connectivity index (χ2n) is 4.28. The highest BCUT2D eigenvalue weighted by atomic mass is 35.5. The Labute approximate surface area is 118 Å². The van der Waals surface area contributed by atoms with Gasteiger partial charge in [-0.3, -0.25) is 4.98 Å². The largest absolute Gasteiger partial charge is 0.494 e. The van der Waals surface area contributed by atoms with Crippen LogP contribution in [0.1, 0.15) is 24.1 Å². The van der Waals surface area contributed by atoms with E-state index in [1.165, 1.54) is 0 Å². The number of nitrogens with zero attached hydrogens (tertiary/aromatic N) is 1. The standard InChI is InChI=1S/C15H17ClN2O/c1-2-19-13-5-3-4-12(8-13)15(17)9-11-6-7-18-10-14(11)16/h3-8,10,15H,2,9,17H2,1H3. The van der Waals surface area contributed by atoms with Gasteiger partial charge in [-0.15, -0.1) is 0 Å². The molecule has 0 saturated heterocycles. The Morgan fingerprint density at radius 1 is 1.37 bits per heavy atom. The molecule has 0 amide bonds. The molecule has 1 aromatic heterocycles. The average molecular weight is 277 g/mol. The van der Waals surface area contributed by atoms with Gasteiger partial charge in [-0.05, 0) is 42.7 Å². The van der Waals surface area contributed by atoms with E-state index in [-0.39, 0.29) is 6.04 Å². The summed E-state index contributed by atoms with van der Waals surface area (Å²) in [6, 6.07) is 9.65. The minimum absolute atomic E-state index is 0.111. The molecule has 1 unspecified atom stereocenters. The molecule has 0 aliphatic heterocycles. The predicted molar refractivity (Wildman–Crippen MR) is 77.5 cm³/mol. The fourth-order valence-electron chi connectivity index (χ4n) is 1.93. The van der Waals surface area contributed by atoms with Crippen molar-refractivity contribution in [1.82, 2.24) is 4.98 Å². The van der Waals surface area contributed by atoms with E-state index >= 15 is 0 Å². The monoisotopic (exact) mass is 276 g/mol. The van der Waals surface area contributed by atoms with Crippen LogP contribution in [0.2, 0.25) is 5.02 Å². The Morgan fingerprint density at radius 2 is 2.21 bits per heavy atom. The average Bonchev–Trinajstić information content (AvgIpc) is 2.42. The third kappa shape index (κ3) is 3.69. The van der Waals surface area contributed by atoms with Crippen molar-refractivity contribution < 1.29 is 4.74 Å². The van der Waals surface area contributed by atoms with Gasteiger partial charge in [-0.25, -0.2) is 0 Å². The second kappa shape index (κ2) is 6.55. The van der Waals surface area contributed by atoms with Crippen molar-refractivity contribution in [2.75, 3.05) is 6.61 Å². The third-order valence-electron chi connectivity index (χ3n) is 2.89. The molecule has 0 aliphatic rings. The summed E-state index contributed by atoms with van der Waals surface area (Å²) in [5.74, 6) is 0.844. The molecule has 0 spiro atoms. The minimum atomic E-state index is -0.111. The van der Waals surface area contributed by atoms with E-state index in [4.69, 9.17) is 22.1 Å². The molecule has 1 heterocycles. The topological polar surface area (TPSA) is 48.1 Å². The molecular formula is C15H17ClN2O. The first-order valence-corrected chi connectivity index (χ1v) is 6.65. The molecule has 2 N–H and O–H groups in total. The Balaban J connectivity index is 2.13. The highest BCUT2D eigenvalue weighted by Crippen LogP contribution is 2.23. The summed E-state index contributed by atoms with van der Waals surface area (Å²) in [6.07, 6.45) is 4.04. The van der Waals surface area contributed by atoms with Crippen LogP contribution in [0.5, 0.6) is 5.75 Å². The van der Waals surface area contributed by atoms with Gasteiger partial charge in [0.05, 0.1) is 11.6 Å². The van der Waals surface area contributed by atoms with E-state index < -0.39 is 0 Å². The molecule has 100 valence electrons. The molecule has 1 aromatic carbocycles. The van der Waals surface area contributed by atoms with Gasteiger partial charge >= 0.3 is 0 Å². The van der Waals surface area contributed by atoms with Crippen molar-refractivity contribution in [2.24, 2.45) is 5.73 Å². The lowest BCUT2D eigenvalue weighted by atomic mass is 10.0. The van der Waals surface area contributed by atoms with Crippen LogP contribution in [0.15, 0.2) is 42.7 Å². The number of benzene rings is 1. The van der Waals surface area contributed by atoms with Gasteiger partial charge in [0.2, 0.25) is 0 Å². The fraction of sp³-hybridized carbons (Fsp3) is 0.267. The summed E-state index contributed by atoms with van der Waals surface area (Å²) in [6.45, 7) is 2.61. The van der Waals surface area contributed by atoms with Crippen LogP contribution in [0.25, 0.3) is 0 Å². The van der Waals surface area contributed by atoms with Gasteiger partial charge in [0.15, 0.2) is 0 Å². The van der Waals surface area contributed by atoms with Crippen LogP contribution in [0.3, 0.4) is 0 Å². The Hall–Kier alpha value is -1.58. The first kappa shape index (κ1) is 13.8. The van der Waals surface area contributed by atoms with Crippen LogP contribution >= 0.6 is 11.6 Å². The normalized spacial score (nSPS) is 12.2. The summed E-state index contributed by atoms with van der Waals surface area (Å²) >= 11 is 6.09. The lowest BCUT2D eigenvalue weighted by Gasteiger charge is -2.14. The number of hydrogen-bond acceptors (Lipinski definition) is 3. The zero-order valence-corrected chi connectivity index (χ0v) is 11.6. The highest BCUT2D eigenvalue weighted by Gasteiger charge is 2.10. The lowest BCUT2D eigenvalue weighted by molar-refractivity contribution is 0.339. The molecule has 0 aliphatic carbocycles. The van der Waals surface area contributed by atoms with E-state index in [0.29, 0.717) is 18.1 Å². The van der Waals surface area contributed by atoms with E-state index in [9.17, 15) is 0 Å². The van der Waals surface area contributed by atoms with E-state index in [2.05, 4.69) is 4.98 Å². The number of aromatic nitrogens is 1. The van der Waals surface area contributed by atoms with Crippen LogP contribution in [-0.4, -0.2) is 11.6 Å². The van der Waals surface area contributed by atoms with Gasteiger partial charge in [0.1, 0.15) is 5.75 Å². The molecule has 19 heavy (non-hydrogen) atoms. The minimum Gasteiger partial charge on any atom is -0.494 e. The maximum Gasteiger partial charge on any atom is 0.119 e. The summed E-state index contributed by atoms with van der Waals surface area (Å²) in [5.41, 5.74) is 8.27. The molecule has 1 atom stereocenters. The Morgan fingerprint density at radius 3 is 2.95 bits per heavy atom. The Bertz CT molecular complexity index is 545. The molecule has 3 nitrogen and oxygen atoms in total. The fourth-order valence-corrected chi connectivity index (χ4v) is 2.12. The van der Waals surface area contributed by atoms with Crippen LogP contribution in [0, 0.1) is 0 Å². The molecule has 2 aromatic rings. The van der Waals surface area contributed by atoms with E-state index in [1.54, 1.807) is 12.4 Å². The van der Waals surface area contributed by atoms with Crippen LogP contribution in [0.4, 0.5) is 0 Å². The van der Waals surface area contributed by atoms with E-state index in [0.717, 1.165) is 16.9 Å². The molecule has 4 heteroatoms. The smallest absolute Gasteiger partial charge is 0.119 e. The van der Waals surface area contributed by atoms with Gasteiger partial charge in [-0.2, -0.15) is 0 Å². The predicted octanol–water partition coefficient (Wildman–Crippen LogP) is 3.38. The second-order valence-corrected chi connectivity index (χ2v) is 4.69. The number of nitrogens with two attached hydrogens (primary N) is 1. The van der Waals surface area contributed by atoms with Gasteiger partial charge in [0, 0.05) is 18.4 Å². The van der Waals surface area contributed by atoms with Gasteiger partial charge < -0.3 is 10.5 Å². The maximum atomic E-state index is 6.23. The van der Waals surface area contributed by atoms with Crippen molar-refractivity contribution in [3.8, 4) is 5.75 Å². The van der Waals surface area contributed by atoms with Gasteiger partial charge in [-0.1, -0.05) is 23.7 Å². The first-order chi connectivity index (χ1) is 9.20. The zero-order valence-electron chi connectivity index (χ0n) is 10.8. The van der Waals surface area contributed by atoms with Gasteiger partial charge in [0.25, 0.3) is 0 Å². The zero-order chi connectivity index (χ0) is 13.7.